The molecule has 0 radical (unpaired) electrons. The molecule has 32 heavy (non-hydrogen) atoms. The number of thiophene rings is 1. The first kappa shape index (κ1) is 23.0. The third-order valence-corrected chi connectivity index (χ3v) is 8.94. The van der Waals surface area contributed by atoms with Crippen LogP contribution in [0.15, 0.2) is 51.8 Å². The Morgan fingerprint density at radius 2 is 1.88 bits per heavy atom. The molecule has 0 saturated carbocycles. The zero-order valence-electron chi connectivity index (χ0n) is 17.7. The van der Waals surface area contributed by atoms with Gasteiger partial charge in [-0.3, -0.25) is 4.79 Å². The van der Waals surface area contributed by atoms with Crippen molar-refractivity contribution in [3.63, 3.8) is 0 Å². The highest BCUT2D eigenvalue weighted by Gasteiger charge is 2.25. The summed E-state index contributed by atoms with van der Waals surface area (Å²) in [6.07, 6.45) is 2.86. The van der Waals surface area contributed by atoms with E-state index >= 15 is 0 Å². The number of hydrogen-bond acceptors (Lipinski definition) is 7. The van der Waals surface area contributed by atoms with E-state index in [0.29, 0.717) is 30.5 Å². The summed E-state index contributed by atoms with van der Waals surface area (Å²) in [6, 6.07) is 10.3. The third kappa shape index (κ3) is 5.06. The van der Waals surface area contributed by atoms with Crippen molar-refractivity contribution < 1.29 is 13.2 Å². The molecule has 170 valence electrons. The van der Waals surface area contributed by atoms with Crippen LogP contribution in [0, 0.1) is 0 Å². The Morgan fingerprint density at radius 3 is 2.53 bits per heavy atom. The lowest BCUT2D eigenvalue weighted by Crippen LogP contribution is -2.35. The zero-order valence-corrected chi connectivity index (χ0v) is 20.2. The quantitative estimate of drug-likeness (QED) is 0.480. The number of piperidine rings is 1. The number of carbonyl (C=O) groups is 1. The van der Waals surface area contributed by atoms with Crippen LogP contribution in [0.25, 0.3) is 10.7 Å². The lowest BCUT2D eigenvalue weighted by Gasteiger charge is -2.25. The third-order valence-electron chi connectivity index (χ3n) is 5.20. The lowest BCUT2D eigenvalue weighted by molar-refractivity contribution is -0.113. The predicted molar refractivity (Wildman–Crippen MR) is 127 cm³/mol. The highest BCUT2D eigenvalue weighted by Crippen LogP contribution is 2.27. The topological polar surface area (TPSA) is 97.2 Å². The van der Waals surface area contributed by atoms with Crippen LogP contribution >= 0.6 is 23.1 Å². The van der Waals surface area contributed by atoms with Gasteiger partial charge in [-0.2, -0.15) is 4.31 Å². The number of aromatic nitrogens is 3. The Morgan fingerprint density at radius 1 is 1.12 bits per heavy atom. The highest BCUT2D eigenvalue weighted by atomic mass is 32.2. The van der Waals surface area contributed by atoms with Gasteiger partial charge < -0.3 is 9.88 Å². The minimum absolute atomic E-state index is 0.177. The van der Waals surface area contributed by atoms with Crippen LogP contribution in [0.5, 0.6) is 0 Å². The van der Waals surface area contributed by atoms with Crippen molar-refractivity contribution in [2.24, 2.45) is 0 Å². The van der Waals surface area contributed by atoms with Gasteiger partial charge in [0.25, 0.3) is 0 Å². The minimum Gasteiger partial charge on any atom is -0.325 e. The maximum absolute atomic E-state index is 12.7. The van der Waals surface area contributed by atoms with Gasteiger partial charge in [0.05, 0.1) is 15.5 Å². The van der Waals surface area contributed by atoms with Crippen LogP contribution < -0.4 is 5.32 Å². The zero-order chi connectivity index (χ0) is 22.6. The van der Waals surface area contributed by atoms with Gasteiger partial charge in [0.2, 0.25) is 15.9 Å². The first-order chi connectivity index (χ1) is 15.5. The number of hydrogen-bond donors (Lipinski definition) is 1. The smallest absolute Gasteiger partial charge is 0.243 e. The Bertz CT molecular complexity index is 1150. The van der Waals surface area contributed by atoms with E-state index in [-0.39, 0.29) is 16.6 Å². The molecule has 3 heterocycles. The second-order valence-electron chi connectivity index (χ2n) is 7.35. The number of rotatable bonds is 8. The first-order valence-corrected chi connectivity index (χ1v) is 13.8. The van der Waals surface area contributed by atoms with Gasteiger partial charge in [0, 0.05) is 25.3 Å². The summed E-state index contributed by atoms with van der Waals surface area (Å²) in [4.78, 5) is 13.7. The Hall–Kier alpha value is -2.21. The molecule has 3 aromatic rings. The second kappa shape index (κ2) is 10.2. The van der Waals surface area contributed by atoms with Gasteiger partial charge >= 0.3 is 0 Å². The molecule has 1 saturated heterocycles. The fourth-order valence-electron chi connectivity index (χ4n) is 3.56. The monoisotopic (exact) mass is 491 g/mol. The molecule has 11 heteroatoms. The normalized spacial score (nSPS) is 15.0. The average Bonchev–Trinajstić information content (AvgIpc) is 3.48. The summed E-state index contributed by atoms with van der Waals surface area (Å²) in [5.74, 6) is 0.789. The maximum Gasteiger partial charge on any atom is 0.243 e. The number of nitrogens with zero attached hydrogens (tertiary/aromatic N) is 4. The van der Waals surface area contributed by atoms with E-state index in [1.54, 1.807) is 35.6 Å². The maximum atomic E-state index is 12.7. The van der Waals surface area contributed by atoms with Gasteiger partial charge in [-0.05, 0) is 55.5 Å². The van der Waals surface area contributed by atoms with Crippen LogP contribution in [-0.4, -0.2) is 52.2 Å². The SMILES string of the molecule is CCn1c(SCC(=O)Nc2ccc(S(=O)(=O)N3CCCCC3)cc2)nnc1-c1cccs1. The second-order valence-corrected chi connectivity index (χ2v) is 11.2. The van der Waals surface area contributed by atoms with Gasteiger partial charge in [0.15, 0.2) is 11.0 Å². The van der Waals surface area contributed by atoms with E-state index in [1.165, 1.54) is 16.1 Å². The lowest BCUT2D eigenvalue weighted by atomic mass is 10.2. The van der Waals surface area contributed by atoms with Crippen LogP contribution in [0.3, 0.4) is 0 Å². The average molecular weight is 492 g/mol. The summed E-state index contributed by atoms with van der Waals surface area (Å²) in [5, 5.41) is 14.0. The number of anilines is 1. The molecule has 8 nitrogen and oxygen atoms in total. The molecule has 1 aliphatic heterocycles. The summed E-state index contributed by atoms with van der Waals surface area (Å²) in [6.45, 7) is 3.85. The van der Waals surface area contributed by atoms with Crippen molar-refractivity contribution in [1.82, 2.24) is 19.1 Å². The molecule has 1 fully saturated rings. The molecule has 0 bridgehead atoms. The minimum atomic E-state index is -3.48. The Kier molecular flexibility index (Phi) is 7.29. The Balaban J connectivity index is 1.36. The van der Waals surface area contributed by atoms with Crippen molar-refractivity contribution in [2.75, 3.05) is 24.2 Å². The molecule has 1 aliphatic rings. The molecule has 1 aromatic carbocycles. The van der Waals surface area contributed by atoms with E-state index in [2.05, 4.69) is 15.5 Å². The van der Waals surface area contributed by atoms with Crippen LogP contribution in [0.4, 0.5) is 5.69 Å². The molecule has 1 N–H and O–H groups in total. The van der Waals surface area contributed by atoms with Gasteiger partial charge in [-0.1, -0.05) is 24.2 Å². The summed E-state index contributed by atoms with van der Waals surface area (Å²) >= 11 is 2.92. The number of thioether (sulfide) groups is 1. The summed E-state index contributed by atoms with van der Waals surface area (Å²) in [5.41, 5.74) is 0.560. The van der Waals surface area contributed by atoms with E-state index < -0.39 is 10.0 Å². The molecule has 0 spiro atoms. The van der Waals surface area contributed by atoms with Crippen LogP contribution in [0.1, 0.15) is 26.2 Å². The number of carbonyl (C=O) groups excluding carboxylic acids is 1. The fourth-order valence-corrected chi connectivity index (χ4v) is 6.60. The summed E-state index contributed by atoms with van der Waals surface area (Å²) in [7, 11) is -3.48. The van der Waals surface area contributed by atoms with E-state index in [1.807, 2.05) is 29.0 Å². The van der Waals surface area contributed by atoms with Gasteiger partial charge in [-0.15, -0.1) is 21.5 Å². The number of benzene rings is 1. The fraction of sp³-hybridized carbons (Fsp3) is 0.381. The molecular formula is C21H25N5O3S3. The molecule has 0 atom stereocenters. The highest BCUT2D eigenvalue weighted by molar-refractivity contribution is 7.99. The molecule has 1 amide bonds. The van der Waals surface area contributed by atoms with Gasteiger partial charge in [0.1, 0.15) is 0 Å². The van der Waals surface area contributed by atoms with Crippen LogP contribution in [0.2, 0.25) is 0 Å². The van der Waals surface area contributed by atoms with Crippen molar-refractivity contribution in [1.29, 1.82) is 0 Å². The molecule has 0 aliphatic carbocycles. The van der Waals surface area contributed by atoms with Crippen LogP contribution in [-0.2, 0) is 21.4 Å². The largest absolute Gasteiger partial charge is 0.325 e. The number of amides is 1. The first-order valence-electron chi connectivity index (χ1n) is 10.5. The Labute approximate surface area is 196 Å². The van der Waals surface area contributed by atoms with Crippen molar-refractivity contribution in [2.45, 2.75) is 42.8 Å². The van der Waals surface area contributed by atoms with Gasteiger partial charge in [-0.25, -0.2) is 8.42 Å². The van der Waals surface area contributed by atoms with E-state index in [4.69, 9.17) is 0 Å². The molecular weight excluding hydrogens is 466 g/mol. The van der Waals surface area contributed by atoms with E-state index in [9.17, 15) is 13.2 Å². The van der Waals surface area contributed by atoms with Crippen molar-refractivity contribution >= 4 is 44.7 Å². The van der Waals surface area contributed by atoms with Crippen molar-refractivity contribution in [3.8, 4) is 10.7 Å². The van der Waals surface area contributed by atoms with E-state index in [0.717, 1.165) is 30.0 Å². The molecule has 2 aromatic heterocycles. The predicted octanol–water partition coefficient (Wildman–Crippen LogP) is 3.93. The van der Waals surface area contributed by atoms with Crippen molar-refractivity contribution in [3.05, 3.63) is 41.8 Å². The summed E-state index contributed by atoms with van der Waals surface area (Å²) < 4.78 is 29.0. The standard InChI is InChI=1S/C21H25N5O3S3/c1-2-26-20(18-7-6-14-30-18)23-24-21(26)31-15-19(27)22-16-8-10-17(11-9-16)32(28,29)25-12-4-3-5-13-25/h6-11,14H,2-5,12-13,15H2,1H3,(H,22,27). The molecule has 4 rings (SSSR count). The number of nitrogens with one attached hydrogen (secondary N) is 1. The number of sulfonamides is 1. The molecule has 0 unspecified atom stereocenters.